The number of carboxylic acid groups (broad SMARTS) is 2. The van der Waals surface area contributed by atoms with Crippen LogP contribution in [0.25, 0.3) is 6.08 Å². The Balaban J connectivity index is 0.892. The summed E-state index contributed by atoms with van der Waals surface area (Å²) in [5, 5.41) is 227. The van der Waals surface area contributed by atoms with E-state index in [9.17, 15) is 126 Å². The van der Waals surface area contributed by atoms with Gasteiger partial charge in [0.05, 0.1) is 102 Å². The molecule has 0 spiro atoms. The predicted octanol–water partition coefficient (Wildman–Crippen LogP) is -4.55. The molecule has 764 valence electrons. The van der Waals surface area contributed by atoms with E-state index in [0.29, 0.717) is 12.0 Å². The summed E-state index contributed by atoms with van der Waals surface area (Å²) in [6.07, 6.45) is -58.9. The summed E-state index contributed by atoms with van der Waals surface area (Å²) in [7, 11) is 4.06. The highest BCUT2D eigenvalue weighted by atomic mass is 16.8. The van der Waals surface area contributed by atoms with E-state index in [2.05, 4.69) is 0 Å². The summed E-state index contributed by atoms with van der Waals surface area (Å²) in [5.74, 6) is -8.85. The zero-order valence-corrected chi connectivity index (χ0v) is 76.9. The summed E-state index contributed by atoms with van der Waals surface area (Å²) >= 11 is 0. The number of carboxylic acids is 2. The molecule has 46 nitrogen and oxygen atoms in total. The molecule has 1 aromatic rings. The summed E-state index contributed by atoms with van der Waals surface area (Å²) < 4.78 is 121. The second kappa shape index (κ2) is 41.3. The molecule has 1 aromatic carbocycles. The minimum atomic E-state index is -2.64. The van der Waals surface area contributed by atoms with Crippen molar-refractivity contribution in [3.63, 3.8) is 0 Å². The lowest BCUT2D eigenvalue weighted by atomic mass is 9.33. The molecule has 11 fully saturated rings. The van der Waals surface area contributed by atoms with Gasteiger partial charge >= 0.3 is 35.8 Å². The maximum Gasteiger partial charge on any atom is 0.331 e. The van der Waals surface area contributed by atoms with Gasteiger partial charge in [0, 0.05) is 18.4 Å². The number of rotatable bonds is 32. The van der Waals surface area contributed by atoms with Gasteiger partial charge in [0.1, 0.15) is 135 Å². The van der Waals surface area contributed by atoms with E-state index in [1.165, 1.54) is 60.3 Å². The van der Waals surface area contributed by atoms with Crippen molar-refractivity contribution in [2.75, 3.05) is 67.6 Å². The largest absolute Gasteiger partial charge is 0.493 e. The molecule has 46 heteroatoms. The molecule has 7 aliphatic heterocycles. The van der Waals surface area contributed by atoms with Gasteiger partial charge in [-0.15, -0.1) is 0 Å². The van der Waals surface area contributed by atoms with Crippen LogP contribution in [0.3, 0.4) is 0 Å². The molecule has 0 bridgehead atoms. The van der Waals surface area contributed by atoms with E-state index in [-0.39, 0.29) is 74.2 Å². The number of hydrogen-bond donors (Lipinski definition) is 20. The molecule has 42 atom stereocenters. The zero-order valence-electron chi connectivity index (χ0n) is 76.9. The van der Waals surface area contributed by atoms with E-state index in [4.69, 9.17) is 94.7 Å². The van der Waals surface area contributed by atoms with Gasteiger partial charge in [0.25, 0.3) is 0 Å². The van der Waals surface area contributed by atoms with E-state index in [1.807, 2.05) is 33.8 Å². The highest BCUT2D eigenvalue weighted by Crippen LogP contribution is 2.76. The molecule has 7 saturated heterocycles. The van der Waals surface area contributed by atoms with Gasteiger partial charge in [0.2, 0.25) is 12.0 Å². The van der Waals surface area contributed by atoms with Crippen molar-refractivity contribution in [2.45, 2.75) is 341 Å². The number of carbonyl (C=O) groups excluding carboxylic acids is 4. The monoisotopic (exact) mass is 1940 g/mol. The standard InChI is InChI=1S/C89H132O46/c1-36-64(129-73-62(108)66(43(95)31-120-73)130-74-59(105)55(101)47(30-91)125-74)68(131-79-71(110)89(115,35-122-79)34-121-53(99)28-83(6,114)27-51(96)97)63(109)77(123-36)133-70-69(132-75-60(106)58(104)56(102)48(127-75)32-119-38(3)93)65(128-52(98)16-13-39-23-44(116-10)67(118-12)45(24-39)117-11)37(2)124-78(70)135-81(113)87-20-19-82(4,5)25-41(87)40-14-15-49-84(7)26-42(94)72(134-76-61(107)57(103)54(100)46(29-90)126-76)86(9,80(111)112)50(84)17-18-85(49,8)88(40,33-92)22-21-87/h13-14,16,23-24,36-37,41-43,46-50,54-66,68-79,90-92,94-95,100-110,114-115H,15,17-22,25-35H2,1-12H3,(H,96,97)(H,111,112). The summed E-state index contributed by atoms with van der Waals surface area (Å²) in [5.41, 5.74) is -11.3. The van der Waals surface area contributed by atoms with Crippen LogP contribution in [-0.2, 0) is 109 Å². The second-order valence-electron chi connectivity index (χ2n) is 39.8. The normalized spacial score (nSPS) is 45.6. The van der Waals surface area contributed by atoms with Gasteiger partial charge in [-0.1, -0.05) is 39.3 Å². The van der Waals surface area contributed by atoms with Crippen molar-refractivity contribution in [2.24, 2.45) is 50.2 Å². The number of aliphatic hydroxyl groups excluding tert-OH is 16. The molecule has 20 N–H and O–H groups in total. The third kappa shape index (κ3) is 20.2. The van der Waals surface area contributed by atoms with Crippen molar-refractivity contribution in [1.82, 2.24) is 0 Å². The zero-order chi connectivity index (χ0) is 99.0. The average molecular weight is 1940 g/mol. The Labute approximate surface area is 775 Å². The van der Waals surface area contributed by atoms with Crippen molar-refractivity contribution in [1.29, 1.82) is 0 Å². The minimum absolute atomic E-state index is 0.0472. The first kappa shape index (κ1) is 106. The number of benzene rings is 1. The first-order valence-corrected chi connectivity index (χ1v) is 45.3. The number of allylic oxidation sites excluding steroid dienone is 1. The van der Waals surface area contributed by atoms with Crippen LogP contribution in [-0.4, -0.2) is 413 Å². The van der Waals surface area contributed by atoms with Gasteiger partial charge in [-0.2, -0.15) is 0 Å². The Bertz CT molecular complexity index is 4350. The molecule has 5 aliphatic carbocycles. The molecule has 0 aromatic heterocycles. The lowest BCUT2D eigenvalue weighted by molar-refractivity contribution is -0.398. The van der Waals surface area contributed by atoms with Gasteiger partial charge in [-0.05, 0) is 143 Å². The molecule has 13 rings (SSSR count). The number of esters is 4. The fourth-order valence-electron chi connectivity index (χ4n) is 23.1. The number of carbonyl (C=O) groups is 6. The fourth-order valence-corrected chi connectivity index (χ4v) is 23.1. The maximum absolute atomic E-state index is 16.9. The third-order valence-corrected chi connectivity index (χ3v) is 30.6. The molecular formula is C89H132O46. The number of methoxy groups -OCH3 is 3. The van der Waals surface area contributed by atoms with Gasteiger partial charge < -0.3 is 197 Å². The van der Waals surface area contributed by atoms with E-state index in [0.717, 1.165) is 19.9 Å². The Morgan fingerprint density at radius 1 is 0.548 bits per heavy atom. The molecule has 0 amide bonds. The van der Waals surface area contributed by atoms with Crippen LogP contribution in [0.2, 0.25) is 0 Å². The number of fused-ring (bicyclic) bond motifs is 7. The summed E-state index contributed by atoms with van der Waals surface area (Å²) in [6, 6.07) is 2.96. The number of ether oxygens (including phenoxy) is 20. The second-order valence-corrected chi connectivity index (χ2v) is 39.8. The molecule has 42 unspecified atom stereocenters. The van der Waals surface area contributed by atoms with Crippen LogP contribution < -0.4 is 14.2 Å². The summed E-state index contributed by atoms with van der Waals surface area (Å²) in [4.78, 5) is 83.1. The first-order chi connectivity index (χ1) is 63.4. The van der Waals surface area contributed by atoms with Crippen molar-refractivity contribution < 1.29 is 226 Å². The van der Waals surface area contributed by atoms with Gasteiger partial charge in [0.15, 0.2) is 67.0 Å². The van der Waals surface area contributed by atoms with E-state index >= 15 is 4.79 Å². The van der Waals surface area contributed by atoms with Crippen molar-refractivity contribution in [3.05, 3.63) is 35.4 Å². The minimum Gasteiger partial charge on any atom is -0.493 e. The number of aliphatic carboxylic acids is 2. The highest BCUT2D eigenvalue weighted by molar-refractivity contribution is 5.87. The van der Waals surface area contributed by atoms with E-state index < -0.39 is 353 Å². The smallest absolute Gasteiger partial charge is 0.331 e. The lowest BCUT2D eigenvalue weighted by Gasteiger charge is -2.71. The summed E-state index contributed by atoms with van der Waals surface area (Å²) in [6.45, 7) is 8.29. The topological polar surface area (TPSA) is 692 Å². The van der Waals surface area contributed by atoms with E-state index in [1.54, 1.807) is 0 Å². The van der Waals surface area contributed by atoms with Crippen LogP contribution in [0.4, 0.5) is 0 Å². The molecule has 135 heavy (non-hydrogen) atoms. The van der Waals surface area contributed by atoms with Crippen molar-refractivity contribution in [3.8, 4) is 17.2 Å². The Kier molecular flexibility index (Phi) is 32.4. The molecule has 12 aliphatic rings. The van der Waals surface area contributed by atoms with Gasteiger partial charge in [-0.25, -0.2) is 4.79 Å². The number of aliphatic hydroxyl groups is 18. The van der Waals surface area contributed by atoms with Crippen LogP contribution in [0.5, 0.6) is 17.2 Å². The molecule has 4 saturated carbocycles. The fraction of sp³-hybridized carbons (Fsp3) is 0.820. The molecule has 0 radical (unpaired) electrons. The highest BCUT2D eigenvalue weighted by Gasteiger charge is 2.75. The SMILES string of the molecule is COc1cc(C=CC(=O)OC2C(C)OC(OC(=O)C34CCC(C)(C)CC3C3=CCC5C6(C)CC(O)C(OC7OC(CO)C(O)C(O)C7O)C(C)(C(=O)O)C6CCC5(C)C3(CO)CC4)C(OC3OC(C)C(OC4OCC(O)C(OC5OC(CO)C(O)C5O)C4O)C(OC4OCC(O)(COC(=O)CC(C)(O)CC(=O)O)C4O)C3O)C2OC2OC(COC(C)=O)C(O)C(O)C2O)cc(OC)c1OC. The third-order valence-electron chi connectivity index (χ3n) is 30.6. The Hall–Kier alpha value is -6.32. The quantitative estimate of drug-likeness (QED) is 0.0106. The van der Waals surface area contributed by atoms with Crippen molar-refractivity contribution >= 4 is 41.9 Å². The molecular weight excluding hydrogens is 1800 g/mol. The molecule has 7 heterocycles. The van der Waals surface area contributed by atoms with Crippen LogP contribution in [0.1, 0.15) is 139 Å². The Morgan fingerprint density at radius 2 is 1.10 bits per heavy atom. The first-order valence-electron chi connectivity index (χ1n) is 45.3. The van der Waals surface area contributed by atoms with Crippen LogP contribution in [0.15, 0.2) is 29.9 Å². The maximum atomic E-state index is 16.9. The number of hydrogen-bond acceptors (Lipinski definition) is 44. The predicted molar refractivity (Wildman–Crippen MR) is 445 cm³/mol. The van der Waals surface area contributed by atoms with Crippen LogP contribution >= 0.6 is 0 Å². The average Bonchev–Trinajstić information content (AvgIpc) is 1.18. The van der Waals surface area contributed by atoms with Gasteiger partial charge in [-0.3, -0.25) is 24.0 Å². The Morgan fingerprint density at radius 3 is 1.70 bits per heavy atom. The lowest BCUT2D eigenvalue weighted by Crippen LogP contribution is -2.71. The van der Waals surface area contributed by atoms with Crippen LogP contribution in [0, 0.1) is 50.2 Å².